The minimum absolute atomic E-state index is 0.247. The number of benzene rings is 1. The topological polar surface area (TPSA) is 21.3 Å². The minimum Gasteiger partial charge on any atom is -0.494 e. The Hall–Kier alpha value is -1.09. The fourth-order valence-electron chi connectivity index (χ4n) is 3.10. The summed E-state index contributed by atoms with van der Waals surface area (Å²) in [6.45, 7) is 1.12. The van der Waals surface area contributed by atoms with Gasteiger partial charge >= 0.3 is 0 Å². The lowest BCUT2D eigenvalue weighted by Gasteiger charge is -2.24. The van der Waals surface area contributed by atoms with Crippen LogP contribution in [0.25, 0.3) is 0 Å². The van der Waals surface area contributed by atoms with E-state index in [1.807, 2.05) is 12.1 Å². The van der Waals surface area contributed by atoms with Gasteiger partial charge in [-0.1, -0.05) is 6.07 Å². The first-order valence-electron chi connectivity index (χ1n) is 6.34. The Morgan fingerprint density at radius 3 is 2.82 bits per heavy atom. The molecule has 2 fully saturated rings. The van der Waals surface area contributed by atoms with Gasteiger partial charge in [-0.25, -0.2) is 4.39 Å². The number of methoxy groups -OCH3 is 1. The molecule has 1 atom stereocenters. The number of hydrogen-bond acceptors (Lipinski definition) is 2. The van der Waals surface area contributed by atoms with Gasteiger partial charge in [-0.05, 0) is 49.9 Å². The van der Waals surface area contributed by atoms with Gasteiger partial charge < -0.3 is 10.1 Å². The third kappa shape index (κ3) is 1.73. The van der Waals surface area contributed by atoms with Crippen molar-refractivity contribution in [3.8, 4) is 5.75 Å². The molecule has 3 rings (SSSR count). The molecule has 0 bridgehead atoms. The lowest BCUT2D eigenvalue weighted by atomic mass is 9.87. The molecule has 17 heavy (non-hydrogen) atoms. The zero-order chi connectivity index (χ0) is 11.9. The van der Waals surface area contributed by atoms with Crippen LogP contribution in [0.1, 0.15) is 31.2 Å². The van der Waals surface area contributed by atoms with Crippen molar-refractivity contribution in [1.82, 2.24) is 5.32 Å². The molecule has 2 aliphatic rings. The number of halogens is 1. The van der Waals surface area contributed by atoms with E-state index in [0.717, 1.165) is 6.54 Å². The summed E-state index contributed by atoms with van der Waals surface area (Å²) in [6, 6.07) is 5.90. The molecule has 1 saturated carbocycles. The highest BCUT2D eigenvalue weighted by Crippen LogP contribution is 2.53. The maximum absolute atomic E-state index is 13.4. The van der Waals surface area contributed by atoms with Crippen LogP contribution >= 0.6 is 0 Å². The van der Waals surface area contributed by atoms with Crippen molar-refractivity contribution < 1.29 is 9.13 Å². The van der Waals surface area contributed by atoms with Crippen LogP contribution in [0.3, 0.4) is 0 Å². The third-order valence-electron chi connectivity index (χ3n) is 4.24. The quantitative estimate of drug-likeness (QED) is 0.869. The maximum atomic E-state index is 13.4. The molecule has 1 unspecified atom stereocenters. The molecule has 1 saturated heterocycles. The van der Waals surface area contributed by atoms with Gasteiger partial charge in [-0.2, -0.15) is 0 Å². The van der Waals surface area contributed by atoms with Crippen molar-refractivity contribution in [2.45, 2.75) is 37.1 Å². The normalized spacial score (nSPS) is 25.9. The molecule has 0 radical (unpaired) electrons. The van der Waals surface area contributed by atoms with Crippen LogP contribution in [0, 0.1) is 5.82 Å². The summed E-state index contributed by atoms with van der Waals surface area (Å²) in [5.41, 5.74) is 1.48. The predicted molar refractivity (Wildman–Crippen MR) is 64.9 cm³/mol. The van der Waals surface area contributed by atoms with Crippen LogP contribution < -0.4 is 10.1 Å². The third-order valence-corrected chi connectivity index (χ3v) is 4.24. The fourth-order valence-corrected chi connectivity index (χ4v) is 3.10. The van der Waals surface area contributed by atoms with E-state index in [-0.39, 0.29) is 11.2 Å². The summed E-state index contributed by atoms with van der Waals surface area (Å²) in [7, 11) is 1.52. The lowest BCUT2D eigenvalue weighted by Crippen LogP contribution is -2.34. The monoisotopic (exact) mass is 235 g/mol. The second-order valence-electron chi connectivity index (χ2n) is 5.15. The summed E-state index contributed by atoms with van der Waals surface area (Å²) >= 11 is 0. The summed E-state index contributed by atoms with van der Waals surface area (Å²) < 4.78 is 18.5. The van der Waals surface area contributed by atoms with Crippen LogP contribution in [-0.4, -0.2) is 19.7 Å². The lowest BCUT2D eigenvalue weighted by molar-refractivity contribution is 0.383. The van der Waals surface area contributed by atoms with Crippen molar-refractivity contribution in [1.29, 1.82) is 0 Å². The first kappa shape index (κ1) is 11.0. The average Bonchev–Trinajstić information content (AvgIpc) is 2.97. The Balaban J connectivity index is 1.93. The van der Waals surface area contributed by atoms with Crippen molar-refractivity contribution in [2.75, 3.05) is 13.7 Å². The Bertz CT molecular complexity index is 422. The van der Waals surface area contributed by atoms with Crippen LogP contribution in [0.2, 0.25) is 0 Å². The molecule has 0 spiro atoms. The first-order chi connectivity index (χ1) is 8.26. The summed E-state index contributed by atoms with van der Waals surface area (Å²) in [6.07, 6.45) is 4.91. The SMILES string of the molecule is COc1cc(C2(C3CCCN3)CC2)ccc1F. The van der Waals surface area contributed by atoms with Crippen LogP contribution in [0.5, 0.6) is 5.75 Å². The highest BCUT2D eigenvalue weighted by Gasteiger charge is 2.51. The molecule has 0 amide bonds. The van der Waals surface area contributed by atoms with E-state index in [9.17, 15) is 4.39 Å². The van der Waals surface area contributed by atoms with Gasteiger partial charge in [0.25, 0.3) is 0 Å². The molecule has 1 N–H and O–H groups in total. The van der Waals surface area contributed by atoms with Crippen molar-refractivity contribution in [3.63, 3.8) is 0 Å². The van der Waals surface area contributed by atoms with Gasteiger partial charge in [-0.3, -0.25) is 0 Å². The summed E-state index contributed by atoms with van der Waals surface area (Å²) in [5.74, 6) is 0.0956. The van der Waals surface area contributed by atoms with E-state index >= 15 is 0 Å². The number of hydrogen-bond donors (Lipinski definition) is 1. The van der Waals surface area contributed by atoms with E-state index in [4.69, 9.17) is 4.74 Å². The molecule has 0 aromatic heterocycles. The molecule has 2 nitrogen and oxygen atoms in total. The Morgan fingerprint density at radius 2 is 2.24 bits per heavy atom. The van der Waals surface area contributed by atoms with E-state index in [1.54, 1.807) is 0 Å². The van der Waals surface area contributed by atoms with Gasteiger partial charge in [-0.15, -0.1) is 0 Å². The standard InChI is InChI=1S/C14H18FNO/c1-17-12-9-10(4-5-11(12)15)14(6-7-14)13-3-2-8-16-13/h4-5,9,13,16H,2-3,6-8H2,1H3. The first-order valence-corrected chi connectivity index (χ1v) is 6.34. The molecule has 1 aromatic carbocycles. The average molecular weight is 235 g/mol. The zero-order valence-electron chi connectivity index (χ0n) is 10.1. The number of ether oxygens (including phenoxy) is 1. The van der Waals surface area contributed by atoms with E-state index in [1.165, 1.54) is 44.4 Å². The molecule has 1 aromatic rings. The Morgan fingerprint density at radius 1 is 1.41 bits per heavy atom. The van der Waals surface area contributed by atoms with Crippen molar-refractivity contribution in [3.05, 3.63) is 29.6 Å². The molecular formula is C14H18FNO. The van der Waals surface area contributed by atoms with Gasteiger partial charge in [0, 0.05) is 11.5 Å². The maximum Gasteiger partial charge on any atom is 0.165 e. The van der Waals surface area contributed by atoms with Gasteiger partial charge in [0.1, 0.15) is 0 Å². The van der Waals surface area contributed by atoms with Gasteiger partial charge in [0.2, 0.25) is 0 Å². The molecule has 1 heterocycles. The predicted octanol–water partition coefficient (Wildman–Crippen LogP) is 2.62. The van der Waals surface area contributed by atoms with Crippen LogP contribution in [0.15, 0.2) is 18.2 Å². The highest BCUT2D eigenvalue weighted by atomic mass is 19.1. The number of rotatable bonds is 3. The molecule has 1 aliphatic carbocycles. The highest BCUT2D eigenvalue weighted by molar-refractivity contribution is 5.40. The molecule has 92 valence electrons. The molecule has 3 heteroatoms. The molecular weight excluding hydrogens is 217 g/mol. The van der Waals surface area contributed by atoms with Gasteiger partial charge in [0.05, 0.1) is 7.11 Å². The smallest absolute Gasteiger partial charge is 0.165 e. The van der Waals surface area contributed by atoms with Crippen LogP contribution in [0.4, 0.5) is 4.39 Å². The summed E-state index contributed by atoms with van der Waals surface area (Å²) in [4.78, 5) is 0. The van der Waals surface area contributed by atoms with E-state index in [2.05, 4.69) is 5.32 Å². The van der Waals surface area contributed by atoms with Crippen molar-refractivity contribution in [2.24, 2.45) is 0 Å². The minimum atomic E-state index is -0.272. The number of nitrogens with one attached hydrogen (secondary N) is 1. The zero-order valence-corrected chi connectivity index (χ0v) is 10.1. The Kier molecular flexibility index (Phi) is 2.58. The van der Waals surface area contributed by atoms with Crippen LogP contribution in [-0.2, 0) is 5.41 Å². The largest absolute Gasteiger partial charge is 0.494 e. The van der Waals surface area contributed by atoms with E-state index < -0.39 is 0 Å². The molecule has 1 aliphatic heterocycles. The van der Waals surface area contributed by atoms with Gasteiger partial charge in [0.15, 0.2) is 11.6 Å². The second kappa shape index (κ2) is 3.98. The Labute approximate surface area is 101 Å². The van der Waals surface area contributed by atoms with E-state index in [0.29, 0.717) is 11.8 Å². The summed E-state index contributed by atoms with van der Waals surface area (Å²) in [5, 5.41) is 3.58. The van der Waals surface area contributed by atoms with Crippen molar-refractivity contribution >= 4 is 0 Å². The fraction of sp³-hybridized carbons (Fsp3) is 0.571. The second-order valence-corrected chi connectivity index (χ2v) is 5.15.